The van der Waals surface area contributed by atoms with E-state index in [0.717, 1.165) is 0 Å². The zero-order valence-electron chi connectivity index (χ0n) is 6.76. The summed E-state index contributed by atoms with van der Waals surface area (Å²) in [7, 11) is 0. The Labute approximate surface area is 65.9 Å². The van der Waals surface area contributed by atoms with E-state index in [4.69, 9.17) is 9.57 Å². The largest absolute Gasteiger partial charge is 0.371 e. The second kappa shape index (κ2) is 3.39. The highest BCUT2D eigenvalue weighted by molar-refractivity contribution is 5.84. The minimum absolute atomic E-state index is 0.202. The van der Waals surface area contributed by atoms with Crippen molar-refractivity contribution in [3.8, 4) is 0 Å². The van der Waals surface area contributed by atoms with E-state index in [1.54, 1.807) is 0 Å². The summed E-state index contributed by atoms with van der Waals surface area (Å²) >= 11 is 0. The SMILES string of the molecule is C=C1N=C(COC(C)C)NO1. The van der Waals surface area contributed by atoms with Crippen molar-refractivity contribution in [1.82, 2.24) is 5.48 Å². The summed E-state index contributed by atoms with van der Waals surface area (Å²) in [5, 5.41) is 0. The summed E-state index contributed by atoms with van der Waals surface area (Å²) in [5.41, 5.74) is 2.59. The molecule has 11 heavy (non-hydrogen) atoms. The molecule has 1 aliphatic heterocycles. The fraction of sp³-hybridized carbons (Fsp3) is 0.571. The number of amidine groups is 1. The predicted octanol–water partition coefficient (Wildman–Crippen LogP) is 0.816. The molecule has 0 saturated carbocycles. The van der Waals surface area contributed by atoms with Gasteiger partial charge in [-0.2, -0.15) is 4.99 Å². The molecule has 0 spiro atoms. The molecule has 1 N–H and O–H groups in total. The molecule has 0 radical (unpaired) electrons. The van der Waals surface area contributed by atoms with Crippen molar-refractivity contribution in [1.29, 1.82) is 0 Å². The lowest BCUT2D eigenvalue weighted by Gasteiger charge is -2.05. The van der Waals surface area contributed by atoms with Gasteiger partial charge < -0.3 is 9.57 Å². The maximum Gasteiger partial charge on any atom is 0.240 e. The van der Waals surface area contributed by atoms with Gasteiger partial charge in [0.05, 0.1) is 6.10 Å². The zero-order chi connectivity index (χ0) is 8.27. The maximum absolute atomic E-state index is 5.26. The quantitative estimate of drug-likeness (QED) is 0.657. The monoisotopic (exact) mass is 156 g/mol. The van der Waals surface area contributed by atoms with Gasteiger partial charge in [-0.25, -0.2) is 5.48 Å². The highest BCUT2D eigenvalue weighted by atomic mass is 16.7. The van der Waals surface area contributed by atoms with Gasteiger partial charge in [-0.3, -0.25) is 0 Å². The fourth-order valence-corrected chi connectivity index (χ4v) is 0.621. The van der Waals surface area contributed by atoms with E-state index >= 15 is 0 Å². The van der Waals surface area contributed by atoms with Gasteiger partial charge >= 0.3 is 0 Å². The van der Waals surface area contributed by atoms with Gasteiger partial charge in [-0.1, -0.05) is 0 Å². The van der Waals surface area contributed by atoms with Gasteiger partial charge in [0.15, 0.2) is 5.84 Å². The lowest BCUT2D eigenvalue weighted by atomic mass is 10.5. The van der Waals surface area contributed by atoms with Crippen molar-refractivity contribution in [2.24, 2.45) is 4.99 Å². The Kier molecular flexibility index (Phi) is 2.48. The Balaban J connectivity index is 2.27. The predicted molar refractivity (Wildman–Crippen MR) is 41.9 cm³/mol. The number of nitrogens with one attached hydrogen (secondary N) is 1. The molecule has 1 rings (SSSR count). The Morgan fingerprint density at radius 3 is 2.91 bits per heavy atom. The summed E-state index contributed by atoms with van der Waals surface area (Å²) in [6.07, 6.45) is 0.202. The van der Waals surface area contributed by atoms with Crippen molar-refractivity contribution in [3.05, 3.63) is 12.5 Å². The third-order valence-corrected chi connectivity index (χ3v) is 1.10. The van der Waals surface area contributed by atoms with Crippen LogP contribution in [0.4, 0.5) is 0 Å². The molecule has 1 aliphatic rings. The Bertz CT molecular complexity index is 187. The average Bonchev–Trinajstić information content (AvgIpc) is 2.31. The third kappa shape index (κ3) is 2.59. The molecule has 0 bridgehead atoms. The minimum atomic E-state index is 0.202. The number of nitrogens with zero attached hydrogens (tertiary/aromatic N) is 1. The van der Waals surface area contributed by atoms with Crippen LogP contribution in [0.25, 0.3) is 0 Å². The van der Waals surface area contributed by atoms with Gasteiger partial charge in [-0.05, 0) is 20.4 Å². The molecule has 0 saturated heterocycles. The summed E-state index contributed by atoms with van der Waals surface area (Å²) < 4.78 is 5.26. The van der Waals surface area contributed by atoms with Crippen LogP contribution in [0.3, 0.4) is 0 Å². The number of hydrogen-bond acceptors (Lipinski definition) is 4. The molecule has 62 valence electrons. The van der Waals surface area contributed by atoms with Gasteiger partial charge in [0, 0.05) is 0 Å². The molecule has 4 nitrogen and oxygen atoms in total. The minimum Gasteiger partial charge on any atom is -0.371 e. The van der Waals surface area contributed by atoms with Crippen LogP contribution in [0.1, 0.15) is 13.8 Å². The topological polar surface area (TPSA) is 42.8 Å². The van der Waals surface area contributed by atoms with Crippen molar-refractivity contribution < 1.29 is 9.57 Å². The molecule has 0 atom stereocenters. The average molecular weight is 156 g/mol. The Morgan fingerprint density at radius 1 is 1.73 bits per heavy atom. The highest BCUT2D eigenvalue weighted by Crippen LogP contribution is 2.01. The van der Waals surface area contributed by atoms with Crippen LogP contribution in [0.5, 0.6) is 0 Å². The van der Waals surface area contributed by atoms with E-state index in [1.165, 1.54) is 0 Å². The van der Waals surface area contributed by atoms with Gasteiger partial charge in [0.25, 0.3) is 0 Å². The van der Waals surface area contributed by atoms with Gasteiger partial charge in [0.2, 0.25) is 5.88 Å². The van der Waals surface area contributed by atoms with Crippen molar-refractivity contribution >= 4 is 5.84 Å². The molecule has 0 aliphatic carbocycles. The van der Waals surface area contributed by atoms with Crippen molar-refractivity contribution in [3.63, 3.8) is 0 Å². The van der Waals surface area contributed by atoms with Crippen LogP contribution in [0.15, 0.2) is 17.5 Å². The van der Waals surface area contributed by atoms with Crippen LogP contribution in [0.2, 0.25) is 0 Å². The number of hydroxylamine groups is 1. The third-order valence-electron chi connectivity index (χ3n) is 1.10. The second-order valence-electron chi connectivity index (χ2n) is 2.52. The molecule has 0 aromatic heterocycles. The maximum atomic E-state index is 5.26. The Hall–Kier alpha value is -1.03. The van der Waals surface area contributed by atoms with Crippen molar-refractivity contribution in [2.45, 2.75) is 20.0 Å². The van der Waals surface area contributed by atoms with E-state index in [1.807, 2.05) is 13.8 Å². The molecule has 0 aromatic rings. The van der Waals surface area contributed by atoms with E-state index in [9.17, 15) is 0 Å². The lowest BCUT2D eigenvalue weighted by Crippen LogP contribution is -2.23. The van der Waals surface area contributed by atoms with Crippen LogP contribution >= 0.6 is 0 Å². The van der Waals surface area contributed by atoms with Gasteiger partial charge in [-0.15, -0.1) is 0 Å². The van der Waals surface area contributed by atoms with Crippen LogP contribution in [0, 0.1) is 0 Å². The van der Waals surface area contributed by atoms with E-state index in [2.05, 4.69) is 17.1 Å². The van der Waals surface area contributed by atoms with Crippen LogP contribution < -0.4 is 5.48 Å². The summed E-state index contributed by atoms with van der Waals surface area (Å²) in [4.78, 5) is 8.69. The summed E-state index contributed by atoms with van der Waals surface area (Å²) in [6.45, 7) is 7.87. The number of hydrogen-bond donors (Lipinski definition) is 1. The zero-order valence-corrected chi connectivity index (χ0v) is 6.76. The first-order valence-electron chi connectivity index (χ1n) is 3.49. The molecular weight excluding hydrogens is 144 g/mol. The first-order valence-corrected chi connectivity index (χ1v) is 3.49. The highest BCUT2D eigenvalue weighted by Gasteiger charge is 2.09. The molecule has 0 unspecified atom stereocenters. The lowest BCUT2D eigenvalue weighted by molar-refractivity contribution is 0.102. The smallest absolute Gasteiger partial charge is 0.240 e. The fourth-order valence-electron chi connectivity index (χ4n) is 0.621. The van der Waals surface area contributed by atoms with Crippen molar-refractivity contribution in [2.75, 3.05) is 6.61 Å². The summed E-state index contributed by atoms with van der Waals surface area (Å²) in [5.74, 6) is 1.05. The van der Waals surface area contributed by atoms with Crippen LogP contribution in [-0.2, 0) is 9.57 Å². The normalized spacial score (nSPS) is 16.3. The number of ether oxygens (including phenoxy) is 1. The van der Waals surface area contributed by atoms with E-state index in [-0.39, 0.29) is 6.10 Å². The molecule has 0 amide bonds. The first kappa shape index (κ1) is 8.07. The van der Waals surface area contributed by atoms with E-state index in [0.29, 0.717) is 18.3 Å². The first-order chi connectivity index (χ1) is 5.18. The molecule has 0 fully saturated rings. The van der Waals surface area contributed by atoms with Crippen LogP contribution in [-0.4, -0.2) is 18.5 Å². The molecule has 0 aromatic carbocycles. The molecule has 4 heteroatoms. The second-order valence-corrected chi connectivity index (χ2v) is 2.52. The van der Waals surface area contributed by atoms with Gasteiger partial charge in [0.1, 0.15) is 6.61 Å². The summed E-state index contributed by atoms with van der Waals surface area (Å²) in [6, 6.07) is 0. The number of aliphatic imine (C=N–C) groups is 1. The van der Waals surface area contributed by atoms with E-state index < -0.39 is 0 Å². The number of rotatable bonds is 3. The molecular formula is C7H12N2O2. The standard InChI is InChI=1S/C7H12N2O2/c1-5(2)10-4-7-8-6(3)11-9-7/h5H,3-4H2,1-2H3,(H,8,9). The Morgan fingerprint density at radius 2 is 2.45 bits per heavy atom. The molecule has 1 heterocycles.